The lowest BCUT2D eigenvalue weighted by Crippen LogP contribution is -2.47. The van der Waals surface area contributed by atoms with Crippen LogP contribution in [0.5, 0.6) is 0 Å². The van der Waals surface area contributed by atoms with Gasteiger partial charge >= 0.3 is 12.0 Å². The van der Waals surface area contributed by atoms with Gasteiger partial charge in [-0.1, -0.05) is 19.8 Å². The summed E-state index contributed by atoms with van der Waals surface area (Å²) in [5.41, 5.74) is 0. The molecule has 0 aromatic heterocycles. The molecule has 0 radical (unpaired) electrons. The molecule has 19 heavy (non-hydrogen) atoms. The number of amides is 2. The molecule has 1 fully saturated rings. The Hall–Kier alpha value is -1.30. The van der Waals surface area contributed by atoms with Crippen molar-refractivity contribution in [2.24, 2.45) is 0 Å². The van der Waals surface area contributed by atoms with Crippen LogP contribution in [0, 0.1) is 0 Å². The number of likely N-dealkylation sites (tertiary alicyclic amines) is 1. The van der Waals surface area contributed by atoms with Gasteiger partial charge in [0.2, 0.25) is 0 Å². The van der Waals surface area contributed by atoms with Crippen molar-refractivity contribution in [3.63, 3.8) is 0 Å². The van der Waals surface area contributed by atoms with E-state index in [1.807, 2.05) is 21.0 Å². The zero-order valence-corrected chi connectivity index (χ0v) is 12.1. The number of unbranched alkanes of at least 4 members (excludes halogenated alkanes) is 1. The van der Waals surface area contributed by atoms with Crippen LogP contribution in [0.25, 0.3) is 0 Å². The smallest absolute Gasteiger partial charge is 0.326 e. The molecule has 6 heteroatoms. The van der Waals surface area contributed by atoms with E-state index in [-0.39, 0.29) is 6.03 Å². The number of aliphatic carboxylic acids is 1. The van der Waals surface area contributed by atoms with Crippen LogP contribution in [0.4, 0.5) is 4.79 Å². The van der Waals surface area contributed by atoms with Crippen LogP contribution >= 0.6 is 0 Å². The number of nitrogens with one attached hydrogen (secondary N) is 1. The molecule has 2 N–H and O–H groups in total. The van der Waals surface area contributed by atoms with E-state index in [9.17, 15) is 9.59 Å². The maximum atomic E-state index is 12.0. The van der Waals surface area contributed by atoms with Gasteiger partial charge < -0.3 is 20.2 Å². The zero-order chi connectivity index (χ0) is 14.4. The van der Waals surface area contributed by atoms with Gasteiger partial charge in [0.1, 0.15) is 6.04 Å². The lowest BCUT2D eigenvalue weighted by molar-refractivity contribution is -0.139. The standard InChI is InChI=1S/C13H25N3O3/c1-4-5-6-11(12(17)18)14-13(19)16-8-7-10(9-16)15(2)3/h10-11H,4-9H2,1-3H3,(H,14,19)(H,17,18). The van der Waals surface area contributed by atoms with Crippen molar-refractivity contribution in [2.75, 3.05) is 27.2 Å². The summed E-state index contributed by atoms with van der Waals surface area (Å²) in [4.78, 5) is 26.9. The van der Waals surface area contributed by atoms with Gasteiger partial charge in [-0.3, -0.25) is 0 Å². The first-order valence-electron chi connectivity index (χ1n) is 6.90. The Morgan fingerprint density at radius 3 is 2.63 bits per heavy atom. The third-order valence-corrected chi connectivity index (χ3v) is 3.62. The summed E-state index contributed by atoms with van der Waals surface area (Å²) in [5.74, 6) is -0.954. The molecule has 2 unspecified atom stereocenters. The fraction of sp³-hybridized carbons (Fsp3) is 0.846. The van der Waals surface area contributed by atoms with Crippen LogP contribution in [-0.2, 0) is 4.79 Å². The van der Waals surface area contributed by atoms with Gasteiger partial charge in [0, 0.05) is 19.1 Å². The highest BCUT2D eigenvalue weighted by atomic mass is 16.4. The van der Waals surface area contributed by atoms with Crippen molar-refractivity contribution in [2.45, 2.75) is 44.7 Å². The first kappa shape index (κ1) is 15.8. The number of carbonyl (C=O) groups excluding carboxylic acids is 1. The highest BCUT2D eigenvalue weighted by Crippen LogP contribution is 2.13. The second kappa shape index (κ2) is 7.33. The van der Waals surface area contributed by atoms with Gasteiger partial charge in [-0.2, -0.15) is 0 Å². The lowest BCUT2D eigenvalue weighted by Gasteiger charge is -2.22. The highest BCUT2D eigenvalue weighted by Gasteiger charge is 2.29. The summed E-state index contributed by atoms with van der Waals surface area (Å²) in [6.45, 7) is 3.36. The number of nitrogens with zero attached hydrogens (tertiary/aromatic N) is 2. The monoisotopic (exact) mass is 271 g/mol. The number of urea groups is 1. The van der Waals surface area contributed by atoms with Crippen molar-refractivity contribution in [3.05, 3.63) is 0 Å². The van der Waals surface area contributed by atoms with E-state index in [4.69, 9.17) is 5.11 Å². The van der Waals surface area contributed by atoms with Crippen molar-refractivity contribution in [1.29, 1.82) is 0 Å². The van der Waals surface area contributed by atoms with Gasteiger partial charge in [0.15, 0.2) is 0 Å². The molecule has 0 aromatic rings. The Labute approximate surface area is 114 Å². The second-order valence-corrected chi connectivity index (χ2v) is 5.33. The molecule has 2 atom stereocenters. The van der Waals surface area contributed by atoms with Crippen LogP contribution in [0.1, 0.15) is 32.6 Å². The number of carboxylic acids is 1. The van der Waals surface area contributed by atoms with Gasteiger partial charge in [-0.25, -0.2) is 9.59 Å². The molecule has 0 aromatic carbocycles. The first-order chi connectivity index (χ1) is 8.95. The van der Waals surface area contributed by atoms with E-state index in [1.165, 1.54) is 0 Å². The molecule has 0 spiro atoms. The highest BCUT2D eigenvalue weighted by molar-refractivity contribution is 5.82. The van der Waals surface area contributed by atoms with Crippen LogP contribution in [0.2, 0.25) is 0 Å². The first-order valence-corrected chi connectivity index (χ1v) is 6.90. The number of hydrogen-bond donors (Lipinski definition) is 2. The Balaban J connectivity index is 2.46. The Kier molecular flexibility index (Phi) is 6.08. The molecule has 0 aliphatic carbocycles. The minimum atomic E-state index is -0.954. The maximum Gasteiger partial charge on any atom is 0.326 e. The van der Waals surface area contributed by atoms with Crippen molar-refractivity contribution in [3.8, 4) is 0 Å². The molecule has 6 nitrogen and oxygen atoms in total. The number of carboxylic acid groups (broad SMARTS) is 1. The van der Waals surface area contributed by atoms with E-state index in [0.717, 1.165) is 19.3 Å². The normalized spacial score (nSPS) is 20.6. The predicted molar refractivity (Wildman–Crippen MR) is 73.1 cm³/mol. The fourth-order valence-electron chi connectivity index (χ4n) is 2.25. The molecule has 0 bridgehead atoms. The zero-order valence-electron chi connectivity index (χ0n) is 12.1. The Bertz CT molecular complexity index is 320. The Morgan fingerprint density at radius 2 is 2.16 bits per heavy atom. The summed E-state index contributed by atoms with van der Waals surface area (Å²) in [7, 11) is 3.99. The Morgan fingerprint density at radius 1 is 1.47 bits per heavy atom. The number of rotatable bonds is 6. The summed E-state index contributed by atoms with van der Waals surface area (Å²) >= 11 is 0. The minimum absolute atomic E-state index is 0.257. The molecule has 110 valence electrons. The van der Waals surface area contributed by atoms with Crippen molar-refractivity contribution < 1.29 is 14.7 Å². The van der Waals surface area contributed by atoms with Crippen LogP contribution in [-0.4, -0.2) is 66.2 Å². The summed E-state index contributed by atoms with van der Waals surface area (Å²) in [5, 5.41) is 11.7. The van der Waals surface area contributed by atoms with E-state index < -0.39 is 12.0 Å². The van der Waals surface area contributed by atoms with Crippen LogP contribution < -0.4 is 5.32 Å². The average molecular weight is 271 g/mol. The molecule has 2 amide bonds. The molecule has 1 heterocycles. The largest absolute Gasteiger partial charge is 0.480 e. The van der Waals surface area contributed by atoms with E-state index in [0.29, 0.717) is 25.6 Å². The molecule has 1 rings (SSSR count). The van der Waals surface area contributed by atoms with Gasteiger partial charge in [0.25, 0.3) is 0 Å². The minimum Gasteiger partial charge on any atom is -0.480 e. The van der Waals surface area contributed by atoms with Crippen LogP contribution in [0.3, 0.4) is 0 Å². The van der Waals surface area contributed by atoms with Gasteiger partial charge in [-0.05, 0) is 26.9 Å². The van der Waals surface area contributed by atoms with Crippen LogP contribution in [0.15, 0.2) is 0 Å². The third-order valence-electron chi connectivity index (χ3n) is 3.62. The summed E-state index contributed by atoms with van der Waals surface area (Å²) < 4.78 is 0. The summed E-state index contributed by atoms with van der Waals surface area (Å²) in [6.07, 6.45) is 3.15. The second-order valence-electron chi connectivity index (χ2n) is 5.33. The molecular formula is C13H25N3O3. The molecule has 1 saturated heterocycles. The van der Waals surface area contributed by atoms with Crippen molar-refractivity contribution in [1.82, 2.24) is 15.1 Å². The van der Waals surface area contributed by atoms with Gasteiger partial charge in [0.05, 0.1) is 0 Å². The topological polar surface area (TPSA) is 72.9 Å². The molecule has 0 saturated carbocycles. The maximum absolute atomic E-state index is 12.0. The molecule has 1 aliphatic heterocycles. The van der Waals surface area contributed by atoms with E-state index in [2.05, 4.69) is 10.2 Å². The number of likely N-dealkylation sites (N-methyl/N-ethyl adjacent to an activating group) is 1. The van der Waals surface area contributed by atoms with Gasteiger partial charge in [-0.15, -0.1) is 0 Å². The molecular weight excluding hydrogens is 246 g/mol. The van der Waals surface area contributed by atoms with Crippen molar-refractivity contribution >= 4 is 12.0 Å². The quantitative estimate of drug-likeness (QED) is 0.755. The lowest BCUT2D eigenvalue weighted by atomic mass is 10.1. The SMILES string of the molecule is CCCCC(NC(=O)N1CCC(N(C)C)C1)C(=O)O. The predicted octanol–water partition coefficient (Wildman–Crippen LogP) is 0.975. The molecule has 1 aliphatic rings. The van der Waals surface area contributed by atoms with E-state index in [1.54, 1.807) is 4.90 Å². The average Bonchev–Trinajstić information content (AvgIpc) is 2.83. The van der Waals surface area contributed by atoms with E-state index >= 15 is 0 Å². The fourth-order valence-corrected chi connectivity index (χ4v) is 2.25. The summed E-state index contributed by atoms with van der Waals surface area (Å²) in [6, 6.07) is -0.664. The number of hydrogen-bond acceptors (Lipinski definition) is 3. The number of carbonyl (C=O) groups is 2. The third kappa shape index (κ3) is 4.70.